The molecule has 0 spiro atoms. The van der Waals surface area contributed by atoms with Crippen LogP contribution >= 0.6 is 11.3 Å². The van der Waals surface area contributed by atoms with Crippen LogP contribution in [0.4, 0.5) is 11.4 Å². The molecule has 0 atom stereocenters. The number of hydrogen-bond acceptors (Lipinski definition) is 4. The van der Waals surface area contributed by atoms with Crippen molar-refractivity contribution in [2.75, 3.05) is 5.32 Å². The van der Waals surface area contributed by atoms with Gasteiger partial charge >= 0.3 is 5.97 Å². The summed E-state index contributed by atoms with van der Waals surface area (Å²) in [5.41, 5.74) is 3.47. The van der Waals surface area contributed by atoms with E-state index in [1.807, 2.05) is 55.5 Å². The van der Waals surface area contributed by atoms with Crippen molar-refractivity contribution < 1.29 is 14.6 Å². The van der Waals surface area contributed by atoms with Crippen molar-refractivity contribution in [3.05, 3.63) is 76.0 Å². The maximum absolute atomic E-state index is 11.3. The third kappa shape index (κ3) is 3.75. The van der Waals surface area contributed by atoms with E-state index >= 15 is 0 Å². The van der Waals surface area contributed by atoms with Crippen LogP contribution in [0.2, 0.25) is 0 Å². The molecule has 2 aromatic carbocycles. The fraction of sp³-hybridized carbons (Fsp3) is 0.105. The monoisotopic (exact) mass is 339 g/mol. The normalized spacial score (nSPS) is 10.4. The predicted octanol–water partition coefficient (Wildman–Crippen LogP) is 5.08. The summed E-state index contributed by atoms with van der Waals surface area (Å²) in [4.78, 5) is 11.6. The molecular formula is C19H17NO3S. The number of benzene rings is 2. The van der Waals surface area contributed by atoms with Crippen molar-refractivity contribution in [3.63, 3.8) is 0 Å². The maximum Gasteiger partial charge on any atom is 0.348 e. The van der Waals surface area contributed by atoms with E-state index in [1.54, 1.807) is 11.4 Å². The summed E-state index contributed by atoms with van der Waals surface area (Å²) in [7, 11) is 0. The lowest BCUT2D eigenvalue weighted by Gasteiger charge is -2.14. The van der Waals surface area contributed by atoms with Gasteiger partial charge in [-0.05, 0) is 41.6 Å². The minimum atomic E-state index is -0.938. The van der Waals surface area contributed by atoms with Crippen LogP contribution in [0.3, 0.4) is 0 Å². The first-order valence-electron chi connectivity index (χ1n) is 7.48. The first-order chi connectivity index (χ1) is 11.6. The molecular weight excluding hydrogens is 322 g/mol. The maximum atomic E-state index is 11.3. The number of rotatable bonds is 6. The van der Waals surface area contributed by atoms with Gasteiger partial charge in [0.2, 0.25) is 0 Å². The fourth-order valence-corrected chi connectivity index (χ4v) is 3.01. The second-order valence-electron chi connectivity index (χ2n) is 5.37. The standard InChI is InChI=1S/C19H17NO3S/c1-13-7-8-17(23-12-14-5-3-2-4-6-14)16(11-13)20-15-9-10-24-18(15)19(21)22/h2-11,20H,12H2,1H3,(H,21,22). The number of anilines is 2. The second kappa shape index (κ2) is 7.19. The van der Waals surface area contributed by atoms with E-state index in [-0.39, 0.29) is 4.88 Å². The van der Waals surface area contributed by atoms with Crippen molar-refractivity contribution in [1.29, 1.82) is 0 Å². The Kier molecular flexibility index (Phi) is 4.82. The summed E-state index contributed by atoms with van der Waals surface area (Å²) in [6, 6.07) is 17.5. The molecule has 2 N–H and O–H groups in total. The largest absolute Gasteiger partial charge is 0.487 e. The lowest BCUT2D eigenvalue weighted by Crippen LogP contribution is -2.02. The van der Waals surface area contributed by atoms with Gasteiger partial charge in [-0.3, -0.25) is 0 Å². The number of hydrogen-bond donors (Lipinski definition) is 2. The Hall–Kier alpha value is -2.79. The van der Waals surface area contributed by atoms with Gasteiger partial charge < -0.3 is 15.2 Å². The Morgan fingerprint density at radius 2 is 1.92 bits per heavy atom. The number of carbonyl (C=O) groups is 1. The van der Waals surface area contributed by atoms with E-state index < -0.39 is 5.97 Å². The van der Waals surface area contributed by atoms with E-state index in [9.17, 15) is 9.90 Å². The molecule has 24 heavy (non-hydrogen) atoms. The molecule has 0 bridgehead atoms. The van der Waals surface area contributed by atoms with Gasteiger partial charge in [0.1, 0.15) is 17.2 Å². The highest BCUT2D eigenvalue weighted by Crippen LogP contribution is 2.32. The van der Waals surface area contributed by atoms with Gasteiger partial charge in [0.15, 0.2) is 0 Å². The first kappa shape index (κ1) is 16.1. The van der Waals surface area contributed by atoms with Crippen molar-refractivity contribution in [2.45, 2.75) is 13.5 Å². The number of aromatic carboxylic acids is 1. The topological polar surface area (TPSA) is 58.6 Å². The van der Waals surface area contributed by atoms with Crippen LogP contribution in [-0.4, -0.2) is 11.1 Å². The molecule has 122 valence electrons. The van der Waals surface area contributed by atoms with Gasteiger partial charge in [-0.15, -0.1) is 11.3 Å². The number of carboxylic acid groups (broad SMARTS) is 1. The molecule has 3 aromatic rings. The van der Waals surface area contributed by atoms with Crippen molar-refractivity contribution in [2.24, 2.45) is 0 Å². The number of carboxylic acids is 1. The zero-order valence-corrected chi connectivity index (χ0v) is 14.0. The van der Waals surface area contributed by atoms with Crippen LogP contribution in [0.1, 0.15) is 20.8 Å². The van der Waals surface area contributed by atoms with Crippen LogP contribution in [0.15, 0.2) is 60.0 Å². The summed E-state index contributed by atoms with van der Waals surface area (Å²) >= 11 is 1.19. The molecule has 0 radical (unpaired) electrons. The minimum Gasteiger partial charge on any atom is -0.487 e. The molecule has 0 saturated heterocycles. The van der Waals surface area contributed by atoms with Crippen molar-refractivity contribution >= 4 is 28.7 Å². The highest BCUT2D eigenvalue weighted by Gasteiger charge is 2.14. The van der Waals surface area contributed by atoms with Crippen LogP contribution in [0.5, 0.6) is 5.75 Å². The Labute approximate surface area is 144 Å². The summed E-state index contributed by atoms with van der Waals surface area (Å²) < 4.78 is 5.92. The first-order valence-corrected chi connectivity index (χ1v) is 8.36. The van der Waals surface area contributed by atoms with Crippen LogP contribution in [0.25, 0.3) is 0 Å². The third-order valence-electron chi connectivity index (χ3n) is 3.50. The van der Waals surface area contributed by atoms with Gasteiger partial charge in [0, 0.05) is 0 Å². The molecule has 4 nitrogen and oxygen atoms in total. The van der Waals surface area contributed by atoms with Crippen LogP contribution in [-0.2, 0) is 6.61 Å². The minimum absolute atomic E-state index is 0.283. The van der Waals surface area contributed by atoms with E-state index in [1.165, 1.54) is 11.3 Å². The lowest BCUT2D eigenvalue weighted by molar-refractivity contribution is 0.0703. The highest BCUT2D eigenvalue weighted by molar-refractivity contribution is 7.12. The summed E-state index contributed by atoms with van der Waals surface area (Å²) in [5, 5.41) is 14.2. The lowest BCUT2D eigenvalue weighted by atomic mass is 10.2. The summed E-state index contributed by atoms with van der Waals surface area (Å²) in [6.07, 6.45) is 0. The zero-order valence-electron chi connectivity index (χ0n) is 13.2. The number of nitrogens with one attached hydrogen (secondary N) is 1. The third-order valence-corrected chi connectivity index (χ3v) is 4.40. The summed E-state index contributed by atoms with van der Waals surface area (Å²) in [5.74, 6) is -0.251. The van der Waals surface area contributed by atoms with Gasteiger partial charge in [-0.2, -0.15) is 0 Å². The Morgan fingerprint density at radius 1 is 1.12 bits per heavy atom. The highest BCUT2D eigenvalue weighted by atomic mass is 32.1. The fourth-order valence-electron chi connectivity index (χ4n) is 2.32. The molecule has 0 saturated carbocycles. The van der Waals surface area contributed by atoms with Crippen molar-refractivity contribution in [1.82, 2.24) is 0 Å². The average molecular weight is 339 g/mol. The van der Waals surface area contributed by atoms with Gasteiger partial charge in [-0.1, -0.05) is 36.4 Å². The average Bonchev–Trinajstić information content (AvgIpc) is 3.03. The predicted molar refractivity (Wildman–Crippen MR) is 96.5 cm³/mol. The quantitative estimate of drug-likeness (QED) is 0.658. The molecule has 0 amide bonds. The van der Waals surface area contributed by atoms with Crippen LogP contribution < -0.4 is 10.1 Å². The smallest absolute Gasteiger partial charge is 0.348 e. The Balaban J connectivity index is 1.83. The van der Waals surface area contributed by atoms with Crippen LogP contribution in [0, 0.1) is 6.92 Å². The molecule has 0 aliphatic carbocycles. The molecule has 0 unspecified atom stereocenters. The molecule has 1 aromatic heterocycles. The number of aryl methyl sites for hydroxylation is 1. The zero-order chi connectivity index (χ0) is 16.9. The number of thiophene rings is 1. The van der Waals surface area contributed by atoms with E-state index in [0.29, 0.717) is 18.0 Å². The van der Waals surface area contributed by atoms with Gasteiger partial charge in [-0.25, -0.2) is 4.79 Å². The van der Waals surface area contributed by atoms with E-state index in [0.717, 1.165) is 16.8 Å². The van der Waals surface area contributed by atoms with Gasteiger partial charge in [0.25, 0.3) is 0 Å². The van der Waals surface area contributed by atoms with E-state index in [4.69, 9.17) is 4.74 Å². The Morgan fingerprint density at radius 3 is 2.67 bits per heavy atom. The SMILES string of the molecule is Cc1ccc(OCc2ccccc2)c(Nc2ccsc2C(=O)O)c1. The molecule has 1 heterocycles. The van der Waals surface area contributed by atoms with Crippen molar-refractivity contribution in [3.8, 4) is 5.75 Å². The molecule has 0 aliphatic heterocycles. The molecule has 0 aliphatic rings. The second-order valence-corrected chi connectivity index (χ2v) is 6.28. The molecule has 5 heteroatoms. The van der Waals surface area contributed by atoms with E-state index in [2.05, 4.69) is 5.32 Å². The number of ether oxygens (including phenoxy) is 1. The van der Waals surface area contributed by atoms with Gasteiger partial charge in [0.05, 0.1) is 11.4 Å². The Bertz CT molecular complexity index is 843. The molecule has 0 fully saturated rings. The summed E-state index contributed by atoms with van der Waals surface area (Å²) in [6.45, 7) is 2.44. The molecule has 3 rings (SSSR count).